The van der Waals surface area contributed by atoms with E-state index in [0.29, 0.717) is 18.0 Å². The summed E-state index contributed by atoms with van der Waals surface area (Å²) >= 11 is 0. The zero-order chi connectivity index (χ0) is 28.6. The molecule has 9 nitrogen and oxygen atoms in total. The van der Waals surface area contributed by atoms with E-state index in [1.807, 2.05) is 13.0 Å². The van der Waals surface area contributed by atoms with Crippen LogP contribution in [0.3, 0.4) is 0 Å². The van der Waals surface area contributed by atoms with Crippen molar-refractivity contribution >= 4 is 27.5 Å². The first-order valence-electron chi connectivity index (χ1n) is 12.5. The normalized spacial score (nSPS) is 11.8. The van der Waals surface area contributed by atoms with Gasteiger partial charge in [0.2, 0.25) is 11.8 Å². The summed E-state index contributed by atoms with van der Waals surface area (Å²) in [7, 11) is -1.13. The molecule has 0 saturated carbocycles. The molecule has 3 aromatic carbocycles. The lowest BCUT2D eigenvalue weighted by Gasteiger charge is -2.32. The maximum atomic E-state index is 13.9. The molecule has 0 heterocycles. The third-order valence-electron chi connectivity index (χ3n) is 6.23. The Morgan fingerprint density at radius 1 is 0.923 bits per heavy atom. The van der Waals surface area contributed by atoms with E-state index in [-0.39, 0.29) is 23.0 Å². The number of hydrogen-bond acceptors (Lipinski definition) is 6. The standard InChI is InChI=1S/C29H35N3O6S/c1-6-30-29(34)22(3)31(19-23-9-7-11-25(17-23)37-4)28(33)20-32(24-10-8-12-26(18-24)38-5)39(35,36)27-15-13-21(2)14-16-27/h7-18,22H,6,19-20H2,1-5H3,(H,30,34). The van der Waals surface area contributed by atoms with Crippen molar-refractivity contribution in [2.45, 2.75) is 38.3 Å². The highest BCUT2D eigenvalue weighted by Crippen LogP contribution is 2.28. The number of aryl methyl sites for hydroxylation is 1. The fourth-order valence-corrected chi connectivity index (χ4v) is 5.41. The van der Waals surface area contributed by atoms with Gasteiger partial charge in [-0.1, -0.05) is 35.9 Å². The van der Waals surface area contributed by atoms with Crippen LogP contribution in [0.1, 0.15) is 25.0 Å². The molecule has 208 valence electrons. The second-order valence-corrected chi connectivity index (χ2v) is 10.8. The number of nitrogens with zero attached hydrogens (tertiary/aromatic N) is 2. The number of rotatable bonds is 12. The number of methoxy groups -OCH3 is 2. The SMILES string of the molecule is CCNC(=O)C(C)N(Cc1cccc(OC)c1)C(=O)CN(c1cccc(OC)c1)S(=O)(=O)c1ccc(C)cc1. The number of ether oxygens (including phenoxy) is 2. The number of hydrogen-bond donors (Lipinski definition) is 1. The second-order valence-electron chi connectivity index (χ2n) is 8.97. The summed E-state index contributed by atoms with van der Waals surface area (Å²) in [6.07, 6.45) is 0. The third-order valence-corrected chi connectivity index (χ3v) is 8.02. The largest absolute Gasteiger partial charge is 0.497 e. The van der Waals surface area contributed by atoms with Crippen molar-refractivity contribution in [1.82, 2.24) is 10.2 Å². The van der Waals surface area contributed by atoms with Crippen LogP contribution in [0.2, 0.25) is 0 Å². The Hall–Kier alpha value is -4.05. The molecule has 3 aromatic rings. The molecule has 1 atom stereocenters. The molecule has 2 amide bonds. The number of carbonyl (C=O) groups excluding carboxylic acids is 2. The fourth-order valence-electron chi connectivity index (χ4n) is 4.00. The summed E-state index contributed by atoms with van der Waals surface area (Å²) in [4.78, 5) is 28.1. The van der Waals surface area contributed by atoms with Crippen LogP contribution in [-0.4, -0.2) is 58.5 Å². The minimum Gasteiger partial charge on any atom is -0.497 e. The van der Waals surface area contributed by atoms with E-state index in [2.05, 4.69) is 5.32 Å². The van der Waals surface area contributed by atoms with Gasteiger partial charge in [0.25, 0.3) is 10.0 Å². The maximum absolute atomic E-state index is 13.9. The van der Waals surface area contributed by atoms with Crippen LogP contribution in [-0.2, 0) is 26.2 Å². The van der Waals surface area contributed by atoms with Gasteiger partial charge in [-0.05, 0) is 62.7 Å². The molecule has 0 bridgehead atoms. The van der Waals surface area contributed by atoms with Crippen LogP contribution in [0.25, 0.3) is 0 Å². The lowest BCUT2D eigenvalue weighted by Crippen LogP contribution is -2.51. The minimum absolute atomic E-state index is 0.0415. The van der Waals surface area contributed by atoms with E-state index in [9.17, 15) is 18.0 Å². The first kappa shape index (κ1) is 29.5. The molecule has 0 spiro atoms. The minimum atomic E-state index is -4.15. The molecule has 39 heavy (non-hydrogen) atoms. The molecular weight excluding hydrogens is 518 g/mol. The molecule has 0 radical (unpaired) electrons. The summed E-state index contributed by atoms with van der Waals surface area (Å²) in [6, 6.07) is 19.2. The zero-order valence-electron chi connectivity index (χ0n) is 22.9. The van der Waals surface area contributed by atoms with E-state index < -0.39 is 28.5 Å². The number of likely N-dealkylation sites (N-methyl/N-ethyl adjacent to an activating group) is 1. The van der Waals surface area contributed by atoms with E-state index in [1.165, 1.54) is 24.1 Å². The van der Waals surface area contributed by atoms with Crippen molar-refractivity contribution in [2.24, 2.45) is 0 Å². The lowest BCUT2D eigenvalue weighted by atomic mass is 10.1. The van der Waals surface area contributed by atoms with Gasteiger partial charge in [0.15, 0.2) is 0 Å². The van der Waals surface area contributed by atoms with Gasteiger partial charge in [-0.3, -0.25) is 13.9 Å². The van der Waals surface area contributed by atoms with E-state index in [1.54, 1.807) is 75.6 Å². The number of anilines is 1. The van der Waals surface area contributed by atoms with Crippen LogP contribution in [0, 0.1) is 6.92 Å². The molecular formula is C29H35N3O6S. The quantitative estimate of drug-likeness (QED) is 0.366. The Balaban J connectivity index is 2.05. The number of sulfonamides is 1. The van der Waals surface area contributed by atoms with Crippen molar-refractivity contribution in [3.63, 3.8) is 0 Å². The predicted octanol–water partition coefficient (Wildman–Crippen LogP) is 3.76. The molecule has 0 aliphatic heterocycles. The van der Waals surface area contributed by atoms with Gasteiger partial charge in [-0.25, -0.2) is 8.42 Å². The fraction of sp³-hybridized carbons (Fsp3) is 0.310. The first-order chi connectivity index (χ1) is 18.6. The summed E-state index contributed by atoms with van der Waals surface area (Å²) < 4.78 is 39.4. The second kappa shape index (κ2) is 13.1. The summed E-state index contributed by atoms with van der Waals surface area (Å²) in [6.45, 7) is 5.20. The third kappa shape index (κ3) is 7.29. The van der Waals surface area contributed by atoms with Gasteiger partial charge >= 0.3 is 0 Å². The topological polar surface area (TPSA) is 105 Å². The highest BCUT2D eigenvalue weighted by Gasteiger charge is 2.32. The van der Waals surface area contributed by atoms with Gasteiger partial charge < -0.3 is 19.7 Å². The molecule has 0 aromatic heterocycles. The average Bonchev–Trinajstić information content (AvgIpc) is 2.94. The van der Waals surface area contributed by atoms with Crippen molar-refractivity contribution in [3.8, 4) is 11.5 Å². The highest BCUT2D eigenvalue weighted by molar-refractivity contribution is 7.92. The van der Waals surface area contributed by atoms with Gasteiger partial charge in [-0.2, -0.15) is 0 Å². The summed E-state index contributed by atoms with van der Waals surface area (Å²) in [5.74, 6) is 0.150. The van der Waals surface area contributed by atoms with Crippen LogP contribution in [0.5, 0.6) is 11.5 Å². The van der Waals surface area contributed by atoms with Crippen molar-refractivity contribution in [3.05, 3.63) is 83.9 Å². The molecule has 0 aliphatic rings. The lowest BCUT2D eigenvalue weighted by molar-refractivity contribution is -0.139. The van der Waals surface area contributed by atoms with E-state index in [0.717, 1.165) is 15.4 Å². The highest BCUT2D eigenvalue weighted by atomic mass is 32.2. The number of nitrogens with one attached hydrogen (secondary N) is 1. The van der Waals surface area contributed by atoms with E-state index in [4.69, 9.17) is 9.47 Å². The van der Waals surface area contributed by atoms with Crippen molar-refractivity contribution < 1.29 is 27.5 Å². The molecule has 3 rings (SSSR count). The van der Waals surface area contributed by atoms with Gasteiger partial charge in [0, 0.05) is 19.2 Å². The molecule has 0 aliphatic carbocycles. The Kier molecular flexibility index (Phi) is 9.95. The van der Waals surface area contributed by atoms with E-state index >= 15 is 0 Å². The van der Waals surface area contributed by atoms with Crippen LogP contribution >= 0.6 is 0 Å². The van der Waals surface area contributed by atoms with Crippen LogP contribution in [0.4, 0.5) is 5.69 Å². The smallest absolute Gasteiger partial charge is 0.264 e. The summed E-state index contributed by atoms with van der Waals surface area (Å²) in [5.41, 5.74) is 1.89. The van der Waals surface area contributed by atoms with Crippen molar-refractivity contribution in [2.75, 3.05) is 31.6 Å². The van der Waals surface area contributed by atoms with Gasteiger partial charge in [-0.15, -0.1) is 0 Å². The monoisotopic (exact) mass is 553 g/mol. The van der Waals surface area contributed by atoms with Crippen LogP contribution < -0.4 is 19.1 Å². The van der Waals surface area contributed by atoms with Gasteiger partial charge in [0.05, 0.1) is 24.8 Å². The average molecular weight is 554 g/mol. The molecule has 1 unspecified atom stereocenters. The first-order valence-corrected chi connectivity index (χ1v) is 14.0. The Morgan fingerprint density at radius 2 is 1.54 bits per heavy atom. The maximum Gasteiger partial charge on any atom is 0.264 e. The number of amides is 2. The van der Waals surface area contributed by atoms with Gasteiger partial charge in [0.1, 0.15) is 24.1 Å². The molecule has 10 heteroatoms. The Bertz CT molecular complexity index is 1390. The number of carbonyl (C=O) groups is 2. The van der Waals surface area contributed by atoms with Crippen molar-refractivity contribution in [1.29, 1.82) is 0 Å². The Morgan fingerprint density at radius 3 is 2.15 bits per heavy atom. The molecule has 0 saturated heterocycles. The molecule has 1 N–H and O–H groups in total. The predicted molar refractivity (Wildman–Crippen MR) is 150 cm³/mol. The zero-order valence-corrected chi connectivity index (χ0v) is 23.7. The Labute approximate surface area is 230 Å². The summed E-state index contributed by atoms with van der Waals surface area (Å²) in [5, 5.41) is 2.74. The van der Waals surface area contributed by atoms with Crippen LogP contribution in [0.15, 0.2) is 77.7 Å². The molecule has 0 fully saturated rings. The number of benzene rings is 3.